The highest BCUT2D eigenvalue weighted by Crippen LogP contribution is 2.32. The van der Waals surface area contributed by atoms with E-state index in [1.54, 1.807) is 12.1 Å². The van der Waals surface area contributed by atoms with Gasteiger partial charge in [-0.2, -0.15) is 0 Å². The van der Waals surface area contributed by atoms with Gasteiger partial charge in [0.05, 0.1) is 11.6 Å². The summed E-state index contributed by atoms with van der Waals surface area (Å²) < 4.78 is 13.7. The number of rotatable bonds is 5. The van der Waals surface area contributed by atoms with Gasteiger partial charge in [0.25, 0.3) is 5.91 Å². The van der Waals surface area contributed by atoms with Gasteiger partial charge in [0.15, 0.2) is 0 Å². The third kappa shape index (κ3) is 4.31. The van der Waals surface area contributed by atoms with Crippen LogP contribution < -0.4 is 5.32 Å². The van der Waals surface area contributed by atoms with E-state index in [9.17, 15) is 9.18 Å². The van der Waals surface area contributed by atoms with Gasteiger partial charge < -0.3 is 5.32 Å². The van der Waals surface area contributed by atoms with Crippen LogP contribution in [-0.4, -0.2) is 21.8 Å². The zero-order valence-corrected chi connectivity index (χ0v) is 16.2. The van der Waals surface area contributed by atoms with Gasteiger partial charge in [-0.05, 0) is 41.3 Å². The summed E-state index contributed by atoms with van der Waals surface area (Å²) in [6.07, 6.45) is 1.85. The van der Waals surface area contributed by atoms with Crippen molar-refractivity contribution in [1.82, 2.24) is 4.90 Å². The monoisotopic (exact) mass is 386 g/mol. The molecular weight excluding hydrogens is 367 g/mol. The van der Waals surface area contributed by atoms with Gasteiger partial charge in [-0.3, -0.25) is 9.69 Å². The van der Waals surface area contributed by atoms with Gasteiger partial charge in [0.1, 0.15) is 10.1 Å². The normalized spacial score (nSPS) is 16.0. The lowest BCUT2D eigenvalue weighted by atomic mass is 10.0. The average Bonchev–Trinajstić information content (AvgIpc) is 2.87. The van der Waals surface area contributed by atoms with E-state index in [0.29, 0.717) is 20.8 Å². The fourth-order valence-corrected chi connectivity index (χ4v) is 3.79. The Morgan fingerprint density at radius 3 is 2.62 bits per heavy atom. The molecule has 6 heteroatoms. The Bertz CT molecular complexity index is 862. The lowest BCUT2D eigenvalue weighted by molar-refractivity contribution is -0.121. The second-order valence-electron chi connectivity index (χ2n) is 6.28. The number of thiocarbonyl (C=S) groups is 1. The molecule has 26 heavy (non-hydrogen) atoms. The lowest BCUT2D eigenvalue weighted by Gasteiger charge is -2.16. The first-order valence-electron chi connectivity index (χ1n) is 8.29. The van der Waals surface area contributed by atoms with Gasteiger partial charge in [-0.25, -0.2) is 4.39 Å². The van der Waals surface area contributed by atoms with Crippen molar-refractivity contribution in [3.05, 3.63) is 70.4 Å². The molecule has 3 nitrogen and oxygen atoms in total. The molecule has 0 bridgehead atoms. The smallest absolute Gasteiger partial charge is 0.267 e. The number of anilines is 1. The highest BCUT2D eigenvalue weighted by Gasteiger charge is 2.31. The molecule has 0 atom stereocenters. The van der Waals surface area contributed by atoms with Crippen molar-refractivity contribution in [1.29, 1.82) is 0 Å². The number of benzene rings is 2. The van der Waals surface area contributed by atoms with Crippen molar-refractivity contribution in [3.8, 4) is 0 Å². The van der Waals surface area contributed by atoms with Crippen molar-refractivity contribution in [3.63, 3.8) is 0 Å². The number of nitrogens with zero attached hydrogens (tertiary/aromatic N) is 1. The minimum Gasteiger partial charge on any atom is -0.367 e. The number of carbonyl (C=O) groups excluding carboxylic acids is 1. The Morgan fingerprint density at radius 2 is 1.96 bits per heavy atom. The number of nitrogens with one attached hydrogen (secondary N) is 1. The SMILES string of the molecule is CC(C)c1ccc(C=C2SC(=S)N(CNc3cccc(F)c3)C2=O)cc1. The summed E-state index contributed by atoms with van der Waals surface area (Å²) in [5.41, 5.74) is 2.83. The summed E-state index contributed by atoms with van der Waals surface area (Å²) in [6.45, 7) is 4.50. The zero-order valence-electron chi connectivity index (χ0n) is 14.5. The van der Waals surface area contributed by atoms with Crippen molar-refractivity contribution >= 4 is 46.0 Å². The molecule has 0 aromatic heterocycles. The van der Waals surface area contributed by atoms with Gasteiger partial charge in [0, 0.05) is 5.69 Å². The molecule has 2 aromatic carbocycles. The molecule has 0 unspecified atom stereocenters. The minimum atomic E-state index is -0.329. The molecule has 1 heterocycles. The second-order valence-corrected chi connectivity index (χ2v) is 7.95. The number of thioether (sulfide) groups is 1. The number of halogens is 1. The zero-order chi connectivity index (χ0) is 18.7. The highest BCUT2D eigenvalue weighted by atomic mass is 32.2. The third-order valence-corrected chi connectivity index (χ3v) is 5.42. The van der Waals surface area contributed by atoms with E-state index >= 15 is 0 Å². The van der Waals surface area contributed by atoms with E-state index in [-0.39, 0.29) is 18.4 Å². The predicted molar refractivity (Wildman–Crippen MR) is 110 cm³/mol. The second kappa shape index (κ2) is 8.01. The molecular formula is C20H19FN2OS2. The van der Waals surface area contributed by atoms with Gasteiger partial charge in [-0.1, -0.05) is 68.2 Å². The Kier molecular flexibility index (Phi) is 5.74. The van der Waals surface area contributed by atoms with Crippen LogP contribution in [0.2, 0.25) is 0 Å². The maximum Gasteiger partial charge on any atom is 0.267 e. The quantitative estimate of drug-likeness (QED) is 0.564. The summed E-state index contributed by atoms with van der Waals surface area (Å²) in [7, 11) is 0. The maximum atomic E-state index is 13.2. The van der Waals surface area contributed by atoms with Gasteiger partial charge >= 0.3 is 0 Å². The van der Waals surface area contributed by atoms with E-state index < -0.39 is 0 Å². The summed E-state index contributed by atoms with van der Waals surface area (Å²) >= 11 is 6.60. The Labute approximate surface area is 162 Å². The van der Waals surface area contributed by atoms with E-state index in [2.05, 4.69) is 31.3 Å². The lowest BCUT2D eigenvalue weighted by Crippen LogP contribution is -2.33. The first kappa shape index (κ1) is 18.6. The highest BCUT2D eigenvalue weighted by molar-refractivity contribution is 8.26. The molecule has 1 aliphatic rings. The van der Waals surface area contributed by atoms with E-state index in [1.165, 1.54) is 34.4 Å². The Balaban J connectivity index is 1.69. The average molecular weight is 387 g/mol. The molecule has 0 aliphatic carbocycles. The van der Waals surface area contributed by atoms with Crippen LogP contribution in [0.15, 0.2) is 53.4 Å². The molecule has 3 rings (SSSR count). The maximum absolute atomic E-state index is 13.2. The number of amides is 1. The topological polar surface area (TPSA) is 32.3 Å². The van der Waals surface area contributed by atoms with Crippen LogP contribution in [0.4, 0.5) is 10.1 Å². The summed E-state index contributed by atoms with van der Waals surface area (Å²) in [6, 6.07) is 14.3. The molecule has 1 saturated heterocycles. The van der Waals surface area contributed by atoms with Gasteiger partial charge in [0.2, 0.25) is 0 Å². The Morgan fingerprint density at radius 1 is 1.23 bits per heavy atom. The molecule has 1 aliphatic heterocycles. The molecule has 2 aromatic rings. The Hall–Kier alpha value is -2.18. The summed E-state index contributed by atoms with van der Waals surface area (Å²) in [5.74, 6) is -0.00174. The number of hydrogen-bond donors (Lipinski definition) is 1. The minimum absolute atomic E-state index is 0.142. The number of hydrogen-bond acceptors (Lipinski definition) is 4. The fraction of sp³-hybridized carbons (Fsp3) is 0.200. The summed E-state index contributed by atoms with van der Waals surface area (Å²) in [4.78, 5) is 14.7. The molecule has 1 amide bonds. The third-order valence-electron chi connectivity index (χ3n) is 4.04. The van der Waals surface area contributed by atoms with Crippen LogP contribution in [0.25, 0.3) is 6.08 Å². The van der Waals surface area contributed by atoms with Crippen LogP contribution in [-0.2, 0) is 4.79 Å². The molecule has 0 spiro atoms. The fourth-order valence-electron chi connectivity index (χ4n) is 2.53. The summed E-state index contributed by atoms with van der Waals surface area (Å²) in [5, 5.41) is 3.03. The van der Waals surface area contributed by atoms with Crippen molar-refractivity contribution in [2.45, 2.75) is 19.8 Å². The van der Waals surface area contributed by atoms with Crippen LogP contribution in [0.3, 0.4) is 0 Å². The van der Waals surface area contributed by atoms with Crippen LogP contribution in [0.1, 0.15) is 30.9 Å². The standard InChI is InChI=1S/C20H19FN2OS2/c1-13(2)15-8-6-14(7-9-15)10-18-19(24)23(20(25)26-18)12-22-17-5-3-4-16(21)11-17/h3-11,13,22H,12H2,1-2H3. The predicted octanol–water partition coefficient (Wildman–Crippen LogP) is 5.22. The van der Waals surface area contributed by atoms with E-state index in [4.69, 9.17) is 12.2 Å². The first-order valence-corrected chi connectivity index (χ1v) is 9.51. The molecule has 1 fully saturated rings. The molecule has 134 valence electrons. The molecule has 0 saturated carbocycles. The molecule has 0 radical (unpaired) electrons. The molecule has 1 N–H and O–H groups in total. The first-order chi connectivity index (χ1) is 12.4. The van der Waals surface area contributed by atoms with Crippen molar-refractivity contribution in [2.75, 3.05) is 12.0 Å². The number of carbonyl (C=O) groups is 1. The van der Waals surface area contributed by atoms with Crippen LogP contribution >= 0.6 is 24.0 Å². The van der Waals surface area contributed by atoms with Crippen molar-refractivity contribution < 1.29 is 9.18 Å². The largest absolute Gasteiger partial charge is 0.367 e. The van der Waals surface area contributed by atoms with E-state index in [1.807, 2.05) is 18.2 Å². The van der Waals surface area contributed by atoms with Crippen LogP contribution in [0.5, 0.6) is 0 Å². The van der Waals surface area contributed by atoms with Gasteiger partial charge in [-0.15, -0.1) is 0 Å². The van der Waals surface area contributed by atoms with Crippen LogP contribution in [0, 0.1) is 5.82 Å². The van der Waals surface area contributed by atoms with E-state index in [0.717, 1.165) is 5.56 Å². The van der Waals surface area contributed by atoms with Crippen molar-refractivity contribution in [2.24, 2.45) is 0 Å².